The topological polar surface area (TPSA) is 220 Å². The molecule has 0 radical (unpaired) electrons. The van der Waals surface area contributed by atoms with E-state index in [2.05, 4.69) is 21.3 Å². The Morgan fingerprint density at radius 1 is 0.966 bits per heavy atom. The summed E-state index contributed by atoms with van der Waals surface area (Å²) in [5.41, 5.74) is 4.95. The highest BCUT2D eigenvalue weighted by molar-refractivity contribution is 5.94. The van der Waals surface area contributed by atoms with Crippen LogP contribution >= 0.6 is 0 Å². The molecular formula is C16H27N5O8. The predicted molar refractivity (Wildman–Crippen MR) is 97.1 cm³/mol. The van der Waals surface area contributed by atoms with Crippen LogP contribution in [0.2, 0.25) is 0 Å². The Morgan fingerprint density at radius 3 is 1.97 bits per heavy atom. The summed E-state index contributed by atoms with van der Waals surface area (Å²) < 4.78 is 0. The average Bonchev–Trinajstić information content (AvgIpc) is 3.21. The minimum atomic E-state index is -1.53. The summed E-state index contributed by atoms with van der Waals surface area (Å²) in [6.07, 6.45) is 0.809. The minimum Gasteiger partial charge on any atom is -0.480 e. The third-order valence-corrected chi connectivity index (χ3v) is 4.30. The van der Waals surface area contributed by atoms with E-state index in [1.807, 2.05) is 0 Å². The Bertz CT molecular complexity index is 622. The summed E-state index contributed by atoms with van der Waals surface area (Å²) in [7, 11) is 0. The SMILES string of the molecule is NC(=O)CCC(NC(=O)C(CO)NC(=O)C(CO)NC(=O)C1CCCN1)C(=O)O. The molecule has 1 rings (SSSR count). The number of carbonyl (C=O) groups excluding carboxylic acids is 4. The molecule has 1 aliphatic heterocycles. The molecule has 0 saturated carbocycles. The zero-order valence-corrected chi connectivity index (χ0v) is 15.7. The van der Waals surface area contributed by atoms with Gasteiger partial charge in [0.1, 0.15) is 18.1 Å². The third kappa shape index (κ3) is 8.01. The van der Waals surface area contributed by atoms with Crippen LogP contribution in [0.1, 0.15) is 25.7 Å². The fourth-order valence-electron chi connectivity index (χ4n) is 2.66. The van der Waals surface area contributed by atoms with Crippen LogP contribution in [0.15, 0.2) is 0 Å². The predicted octanol–water partition coefficient (Wildman–Crippen LogP) is -4.47. The maximum atomic E-state index is 12.3. The molecule has 0 aliphatic carbocycles. The Kier molecular flexibility index (Phi) is 9.99. The van der Waals surface area contributed by atoms with Crippen LogP contribution in [-0.4, -0.2) is 88.8 Å². The van der Waals surface area contributed by atoms with E-state index in [1.165, 1.54) is 0 Å². The first kappa shape index (κ1) is 24.3. The number of carboxylic acid groups (broad SMARTS) is 1. The van der Waals surface area contributed by atoms with Crippen LogP contribution in [0.3, 0.4) is 0 Å². The van der Waals surface area contributed by atoms with E-state index in [4.69, 9.17) is 10.8 Å². The van der Waals surface area contributed by atoms with E-state index < -0.39 is 67.0 Å². The lowest BCUT2D eigenvalue weighted by atomic mass is 10.1. The summed E-state index contributed by atoms with van der Waals surface area (Å²) in [6, 6.07) is -4.84. The molecular weight excluding hydrogens is 390 g/mol. The van der Waals surface area contributed by atoms with Crippen LogP contribution in [0.4, 0.5) is 0 Å². The molecule has 9 N–H and O–H groups in total. The summed E-state index contributed by atoms with van der Waals surface area (Å²) in [5, 5.41) is 37.3. The Balaban J connectivity index is 2.66. The first-order valence-electron chi connectivity index (χ1n) is 9.06. The summed E-state index contributed by atoms with van der Waals surface area (Å²) >= 11 is 0. The molecule has 0 aromatic carbocycles. The van der Waals surface area contributed by atoms with Crippen LogP contribution in [0, 0.1) is 0 Å². The number of hydrogen-bond acceptors (Lipinski definition) is 8. The smallest absolute Gasteiger partial charge is 0.326 e. The Morgan fingerprint density at radius 2 is 1.52 bits per heavy atom. The first-order chi connectivity index (χ1) is 13.7. The van der Waals surface area contributed by atoms with Gasteiger partial charge in [-0.2, -0.15) is 0 Å². The number of amides is 4. The van der Waals surface area contributed by atoms with Gasteiger partial charge in [-0.15, -0.1) is 0 Å². The van der Waals surface area contributed by atoms with Gasteiger partial charge in [0, 0.05) is 6.42 Å². The largest absolute Gasteiger partial charge is 0.480 e. The number of primary amides is 1. The van der Waals surface area contributed by atoms with Crippen LogP contribution in [0.25, 0.3) is 0 Å². The van der Waals surface area contributed by atoms with Crippen molar-refractivity contribution in [2.45, 2.75) is 49.9 Å². The highest BCUT2D eigenvalue weighted by atomic mass is 16.4. The van der Waals surface area contributed by atoms with Crippen molar-refractivity contribution in [2.24, 2.45) is 5.73 Å². The van der Waals surface area contributed by atoms with Gasteiger partial charge in [-0.3, -0.25) is 19.2 Å². The fourth-order valence-corrected chi connectivity index (χ4v) is 2.66. The molecule has 13 nitrogen and oxygen atoms in total. The number of carboxylic acids is 1. The highest BCUT2D eigenvalue weighted by Gasteiger charge is 2.31. The average molecular weight is 417 g/mol. The molecule has 13 heteroatoms. The molecule has 4 amide bonds. The first-order valence-corrected chi connectivity index (χ1v) is 9.06. The van der Waals surface area contributed by atoms with E-state index in [0.29, 0.717) is 13.0 Å². The second-order valence-electron chi connectivity index (χ2n) is 6.54. The number of hydrogen-bond donors (Lipinski definition) is 8. The van der Waals surface area contributed by atoms with Gasteiger partial charge in [0.25, 0.3) is 0 Å². The lowest BCUT2D eigenvalue weighted by Crippen LogP contribution is -2.58. The van der Waals surface area contributed by atoms with E-state index >= 15 is 0 Å². The number of aliphatic hydroxyl groups is 2. The third-order valence-electron chi connectivity index (χ3n) is 4.30. The van der Waals surface area contributed by atoms with Gasteiger partial charge < -0.3 is 42.3 Å². The number of nitrogens with two attached hydrogens (primary N) is 1. The molecule has 4 atom stereocenters. The molecule has 164 valence electrons. The molecule has 0 bridgehead atoms. The van der Waals surface area contributed by atoms with Crippen molar-refractivity contribution < 1.29 is 39.3 Å². The molecule has 1 fully saturated rings. The number of rotatable bonds is 12. The van der Waals surface area contributed by atoms with Crippen molar-refractivity contribution in [1.29, 1.82) is 0 Å². The van der Waals surface area contributed by atoms with Gasteiger partial charge in [-0.1, -0.05) is 0 Å². The van der Waals surface area contributed by atoms with Gasteiger partial charge in [0.15, 0.2) is 0 Å². The van der Waals surface area contributed by atoms with Gasteiger partial charge in [0.05, 0.1) is 19.3 Å². The van der Waals surface area contributed by atoms with E-state index in [1.54, 1.807) is 0 Å². The number of carbonyl (C=O) groups is 5. The van der Waals surface area contributed by atoms with Gasteiger partial charge >= 0.3 is 5.97 Å². The van der Waals surface area contributed by atoms with Crippen molar-refractivity contribution in [1.82, 2.24) is 21.3 Å². The maximum absolute atomic E-state index is 12.3. The second-order valence-corrected chi connectivity index (χ2v) is 6.54. The summed E-state index contributed by atoms with van der Waals surface area (Å²) in [6.45, 7) is -0.961. The maximum Gasteiger partial charge on any atom is 0.326 e. The van der Waals surface area contributed by atoms with Crippen LogP contribution < -0.4 is 27.0 Å². The molecule has 0 aromatic heterocycles. The standard InChI is InChI=1S/C16H27N5O8/c17-12(24)4-3-9(16(28)29)19-14(26)10(6-22)21-15(27)11(7-23)20-13(25)8-2-1-5-18-8/h8-11,18,22-23H,1-7H2,(H2,17,24)(H,19,26)(H,20,25)(H,21,27)(H,28,29). The molecule has 1 aliphatic rings. The normalized spacial score (nSPS) is 18.9. The van der Waals surface area contributed by atoms with Crippen molar-refractivity contribution in [2.75, 3.05) is 19.8 Å². The van der Waals surface area contributed by atoms with Gasteiger partial charge in [0.2, 0.25) is 23.6 Å². The highest BCUT2D eigenvalue weighted by Crippen LogP contribution is 2.05. The summed E-state index contributed by atoms with van der Waals surface area (Å²) in [4.78, 5) is 58.5. The number of aliphatic hydroxyl groups excluding tert-OH is 2. The van der Waals surface area contributed by atoms with Gasteiger partial charge in [-0.25, -0.2) is 4.79 Å². The monoisotopic (exact) mass is 417 g/mol. The lowest BCUT2D eigenvalue weighted by molar-refractivity contribution is -0.143. The fraction of sp³-hybridized carbons (Fsp3) is 0.688. The van der Waals surface area contributed by atoms with Crippen molar-refractivity contribution in [3.8, 4) is 0 Å². The van der Waals surface area contributed by atoms with Crippen LogP contribution in [-0.2, 0) is 24.0 Å². The van der Waals surface area contributed by atoms with Crippen molar-refractivity contribution >= 4 is 29.6 Å². The van der Waals surface area contributed by atoms with Crippen molar-refractivity contribution in [3.05, 3.63) is 0 Å². The van der Waals surface area contributed by atoms with E-state index in [9.17, 15) is 34.2 Å². The zero-order chi connectivity index (χ0) is 22.0. The molecule has 4 unspecified atom stereocenters. The molecule has 0 aromatic rings. The lowest BCUT2D eigenvalue weighted by Gasteiger charge is -2.23. The Hall–Kier alpha value is -2.77. The molecule has 1 heterocycles. The van der Waals surface area contributed by atoms with Crippen molar-refractivity contribution in [3.63, 3.8) is 0 Å². The van der Waals surface area contributed by atoms with Gasteiger partial charge in [-0.05, 0) is 25.8 Å². The number of nitrogens with one attached hydrogen (secondary N) is 4. The second kappa shape index (κ2) is 11.9. The molecule has 29 heavy (non-hydrogen) atoms. The summed E-state index contributed by atoms with van der Waals surface area (Å²) in [5.74, 6) is -4.61. The van der Waals surface area contributed by atoms with E-state index in [-0.39, 0.29) is 12.8 Å². The van der Waals surface area contributed by atoms with E-state index in [0.717, 1.165) is 6.42 Å². The van der Waals surface area contributed by atoms with Crippen LogP contribution in [0.5, 0.6) is 0 Å². The molecule has 1 saturated heterocycles. The zero-order valence-electron chi connectivity index (χ0n) is 15.7. The molecule has 0 spiro atoms. The quantitative estimate of drug-likeness (QED) is 0.153. The number of aliphatic carboxylic acids is 1. The minimum absolute atomic E-state index is 0.272. The Labute approximate surface area is 166 Å².